The highest BCUT2D eigenvalue weighted by molar-refractivity contribution is 5.37. The van der Waals surface area contributed by atoms with Crippen LogP contribution in [-0.2, 0) is 28.4 Å². The van der Waals surface area contributed by atoms with E-state index in [4.69, 9.17) is 28.4 Å². The van der Waals surface area contributed by atoms with Crippen LogP contribution in [0.15, 0.2) is 11.6 Å². The van der Waals surface area contributed by atoms with Crippen LogP contribution >= 0.6 is 0 Å². The van der Waals surface area contributed by atoms with Crippen LogP contribution in [0.4, 0.5) is 0 Å². The molecule has 0 amide bonds. The first-order chi connectivity index (χ1) is 31.3. The van der Waals surface area contributed by atoms with Crippen molar-refractivity contribution in [2.24, 2.45) is 50.2 Å². The first-order valence-corrected chi connectivity index (χ1v) is 24.5. The van der Waals surface area contributed by atoms with Gasteiger partial charge in [-0.05, 0) is 91.8 Å². The number of hydrogen-bond acceptors (Lipinski definition) is 19. The van der Waals surface area contributed by atoms with Gasteiger partial charge in [0.2, 0.25) is 0 Å². The van der Waals surface area contributed by atoms with Crippen molar-refractivity contribution >= 4 is 0 Å². The Kier molecular flexibility index (Phi) is 14.4. The van der Waals surface area contributed by atoms with E-state index < -0.39 is 151 Å². The molecule has 0 spiro atoms. The Bertz CT molecular complexity index is 1790. The van der Waals surface area contributed by atoms with Crippen LogP contribution in [0.25, 0.3) is 0 Å². The van der Waals surface area contributed by atoms with Crippen molar-refractivity contribution in [3.05, 3.63) is 11.6 Å². The normalized spacial score (nSPS) is 56.5. The van der Waals surface area contributed by atoms with Gasteiger partial charge in [0.1, 0.15) is 67.1 Å². The van der Waals surface area contributed by atoms with E-state index in [0.717, 1.165) is 18.4 Å². The first kappa shape index (κ1) is 52.3. The summed E-state index contributed by atoms with van der Waals surface area (Å²) in [5.74, 6) is -0.615. The van der Waals surface area contributed by atoms with Crippen LogP contribution < -0.4 is 0 Å². The molecule has 0 aromatic rings. The monoisotopic (exact) mass is 961 g/mol. The highest BCUT2D eigenvalue weighted by Gasteiger charge is 2.72. The van der Waals surface area contributed by atoms with Gasteiger partial charge >= 0.3 is 0 Å². The topological polar surface area (TPSA) is 318 Å². The summed E-state index contributed by atoms with van der Waals surface area (Å²) in [5.41, 5.74) is -2.07. The Hall–Kier alpha value is -1.02. The maximum absolute atomic E-state index is 12.5. The Morgan fingerprint density at radius 1 is 0.627 bits per heavy atom. The molecule has 19 heteroatoms. The lowest BCUT2D eigenvalue weighted by Crippen LogP contribution is -2.70. The highest BCUT2D eigenvalue weighted by Crippen LogP contribution is 2.76. The molecule has 5 aliphatic carbocycles. The molecule has 386 valence electrons. The van der Waals surface area contributed by atoms with E-state index in [1.807, 2.05) is 13.0 Å². The second-order valence-corrected chi connectivity index (χ2v) is 23.6. The van der Waals surface area contributed by atoms with E-state index in [-0.39, 0.29) is 36.4 Å². The molecule has 26 atom stereocenters. The standard InChI is InChI=1S/C48H80O19/c1-21-30(54)32(56)36(60)41(63-21)67-38-26(18-62-40-35(59)33(57)31(55)25(17-49)64-40)65-42(37(61)34(38)58)66-29-9-10-44(4)27(45(29,5)19-50)8-11-46(6)39(44)24(52)14-22-23-15-43(2,3)12-13-48(23,20-51)28(53)16-47(22,46)7/h14,21,23-42,49-61H,8-13,15-20H2,1-7H3/t21-,23-,24+,25+,26+,27+,28-,29-,30-,31+,32+,33-,34+,35+,36+,37+,38+,39+,40+,41-,42-,44-,45-,46+,47+,48+/m0/s1. The summed E-state index contributed by atoms with van der Waals surface area (Å²) in [7, 11) is 0. The predicted molar refractivity (Wildman–Crippen MR) is 233 cm³/mol. The van der Waals surface area contributed by atoms with Crippen molar-refractivity contribution in [2.45, 2.75) is 210 Å². The fourth-order valence-electron chi connectivity index (χ4n) is 15.2. The third-order valence-corrected chi connectivity index (χ3v) is 19.5. The lowest BCUT2D eigenvalue weighted by Gasteiger charge is -2.72. The van der Waals surface area contributed by atoms with E-state index in [2.05, 4.69) is 34.6 Å². The molecule has 3 aliphatic heterocycles. The largest absolute Gasteiger partial charge is 0.396 e. The fraction of sp³-hybridized carbons (Fsp3) is 0.958. The minimum atomic E-state index is -1.84. The molecule has 67 heavy (non-hydrogen) atoms. The average molecular weight is 961 g/mol. The van der Waals surface area contributed by atoms with E-state index >= 15 is 0 Å². The molecule has 13 N–H and O–H groups in total. The minimum Gasteiger partial charge on any atom is -0.396 e. The van der Waals surface area contributed by atoms with E-state index in [0.29, 0.717) is 38.5 Å². The molecule has 4 saturated carbocycles. The smallest absolute Gasteiger partial charge is 0.187 e. The zero-order valence-electron chi connectivity index (χ0n) is 40.0. The summed E-state index contributed by atoms with van der Waals surface area (Å²) >= 11 is 0. The number of hydrogen-bond donors (Lipinski definition) is 13. The minimum absolute atomic E-state index is 0.00812. The molecule has 19 nitrogen and oxygen atoms in total. The third-order valence-electron chi connectivity index (χ3n) is 19.5. The summed E-state index contributed by atoms with van der Waals surface area (Å²) in [6.45, 7) is 12.7. The van der Waals surface area contributed by atoms with Crippen LogP contribution in [0.1, 0.15) is 99.8 Å². The SMILES string of the molecule is C[C@@H]1O[C@@H](O[C@H]2[C@H](O)[C@@H](O)[C@H](O[C@H]3CC[C@@]4(C)[C@@H](CC[C@]5(C)[C@@H]4[C@H](O)C=C4[C@@H]6CC(C)(C)CC[C@]6(CO)[C@@H](O)C[C@]45C)[C@]3(C)CO)O[C@@H]2CO[C@@H]2O[C@H](CO)[C@@H](O)[C@H](O)[C@H]2O)[C@H](O)[C@H](O)[C@H]1O. The lowest BCUT2D eigenvalue weighted by atomic mass is 9.33. The third kappa shape index (κ3) is 8.14. The Labute approximate surface area is 392 Å². The number of aliphatic hydroxyl groups is 13. The number of fused-ring (bicyclic) bond motifs is 7. The second kappa shape index (κ2) is 18.5. The van der Waals surface area contributed by atoms with Gasteiger partial charge in [0.25, 0.3) is 0 Å². The van der Waals surface area contributed by atoms with Crippen LogP contribution in [0.5, 0.6) is 0 Å². The number of aliphatic hydroxyl groups excluding tert-OH is 13. The predicted octanol–water partition coefficient (Wildman–Crippen LogP) is -1.44. The Morgan fingerprint density at radius 3 is 1.91 bits per heavy atom. The maximum atomic E-state index is 12.5. The van der Waals surface area contributed by atoms with Crippen molar-refractivity contribution in [1.82, 2.24) is 0 Å². The summed E-state index contributed by atoms with van der Waals surface area (Å²) < 4.78 is 36.0. The zero-order chi connectivity index (χ0) is 49.1. The van der Waals surface area contributed by atoms with Gasteiger partial charge in [-0.25, -0.2) is 0 Å². The summed E-state index contributed by atoms with van der Waals surface area (Å²) in [6.07, 6.45) is -19.4. The first-order valence-electron chi connectivity index (χ1n) is 24.5. The van der Waals surface area contributed by atoms with Gasteiger partial charge in [-0.3, -0.25) is 0 Å². The van der Waals surface area contributed by atoms with E-state index in [9.17, 15) is 66.4 Å². The van der Waals surface area contributed by atoms with Gasteiger partial charge < -0.3 is 94.8 Å². The van der Waals surface area contributed by atoms with Gasteiger partial charge in [0.05, 0.1) is 50.8 Å². The van der Waals surface area contributed by atoms with Gasteiger partial charge in [-0.1, -0.05) is 53.2 Å². The van der Waals surface area contributed by atoms with Gasteiger partial charge in [-0.15, -0.1) is 0 Å². The maximum Gasteiger partial charge on any atom is 0.187 e. The van der Waals surface area contributed by atoms with E-state index in [1.165, 1.54) is 6.92 Å². The zero-order valence-corrected chi connectivity index (χ0v) is 40.0. The molecule has 0 radical (unpaired) electrons. The molecular weight excluding hydrogens is 881 g/mol. The molecule has 8 aliphatic rings. The Balaban J connectivity index is 1.06. The molecule has 0 bridgehead atoms. The van der Waals surface area contributed by atoms with Crippen molar-refractivity contribution in [1.29, 1.82) is 0 Å². The number of allylic oxidation sites excluding steroid dienone is 1. The van der Waals surface area contributed by atoms with Crippen LogP contribution in [0.3, 0.4) is 0 Å². The van der Waals surface area contributed by atoms with Crippen LogP contribution in [-0.4, -0.2) is 203 Å². The number of ether oxygens (including phenoxy) is 6. The second-order valence-electron chi connectivity index (χ2n) is 23.6. The molecule has 0 aromatic heterocycles. The molecule has 0 aromatic carbocycles. The van der Waals surface area contributed by atoms with Gasteiger partial charge in [-0.2, -0.15) is 0 Å². The fourth-order valence-corrected chi connectivity index (χ4v) is 15.2. The van der Waals surface area contributed by atoms with Crippen LogP contribution in [0, 0.1) is 50.2 Å². The van der Waals surface area contributed by atoms with Crippen molar-refractivity contribution < 1.29 is 94.8 Å². The average Bonchev–Trinajstić information content (AvgIpc) is 3.27. The summed E-state index contributed by atoms with van der Waals surface area (Å²) in [5, 5.41) is 144. The van der Waals surface area contributed by atoms with Gasteiger partial charge in [0.15, 0.2) is 18.9 Å². The van der Waals surface area contributed by atoms with Gasteiger partial charge in [0, 0.05) is 16.7 Å². The molecule has 7 fully saturated rings. The molecule has 0 unspecified atom stereocenters. The van der Waals surface area contributed by atoms with E-state index in [1.54, 1.807) is 0 Å². The van der Waals surface area contributed by atoms with Crippen molar-refractivity contribution in [2.75, 3.05) is 26.4 Å². The summed E-state index contributed by atoms with van der Waals surface area (Å²) in [6, 6.07) is 0. The van der Waals surface area contributed by atoms with Crippen molar-refractivity contribution in [3.63, 3.8) is 0 Å². The number of rotatable bonds is 10. The lowest BCUT2D eigenvalue weighted by molar-refractivity contribution is -0.375. The highest BCUT2D eigenvalue weighted by atomic mass is 16.8. The van der Waals surface area contributed by atoms with Crippen molar-refractivity contribution in [3.8, 4) is 0 Å². The molecule has 3 saturated heterocycles. The Morgan fingerprint density at radius 2 is 1.25 bits per heavy atom. The van der Waals surface area contributed by atoms with Crippen LogP contribution in [0.2, 0.25) is 0 Å². The summed E-state index contributed by atoms with van der Waals surface area (Å²) in [4.78, 5) is 0. The quantitative estimate of drug-likeness (QED) is 0.0881. The molecule has 8 rings (SSSR count). The molecule has 3 heterocycles. The molecular formula is C48H80O19.